The van der Waals surface area contributed by atoms with E-state index in [0.717, 1.165) is 11.8 Å². The first-order chi connectivity index (χ1) is 11.4. The Bertz CT molecular complexity index is 565. The van der Waals surface area contributed by atoms with Crippen LogP contribution in [-0.4, -0.2) is 56.8 Å². The van der Waals surface area contributed by atoms with Gasteiger partial charge in [0.2, 0.25) is 5.91 Å². The number of thioether (sulfide) groups is 1. The Morgan fingerprint density at radius 3 is 2.60 bits per heavy atom. The fourth-order valence-electron chi connectivity index (χ4n) is 1.64. The molecule has 0 aliphatic rings. The highest BCUT2D eigenvalue weighted by Gasteiger charge is 2.27. The fraction of sp³-hybridized carbons (Fsp3) is 0.467. The quantitative estimate of drug-likeness (QED) is 0.408. The number of carbonyl (C=O) groups is 2. The number of nitrogens with two attached hydrogens (primary N) is 1. The third kappa shape index (κ3) is 9.01. The largest absolute Gasteiger partial charge is 0.383 e. The predicted octanol–water partition coefficient (Wildman–Crippen LogP) is 1.29. The summed E-state index contributed by atoms with van der Waals surface area (Å²) in [5.74, 6) is -3.89. The predicted molar refractivity (Wildman–Crippen MR) is 95.6 cm³/mol. The molecule has 0 unspecified atom stereocenters. The summed E-state index contributed by atoms with van der Waals surface area (Å²) in [6, 6.07) is 6.50. The average molecular weight is 398 g/mol. The maximum Gasteiger partial charge on any atom is 0.277 e. The minimum absolute atomic E-state index is 0. The summed E-state index contributed by atoms with van der Waals surface area (Å²) in [5.41, 5.74) is 5.17. The van der Waals surface area contributed by atoms with Crippen LogP contribution in [0.5, 0.6) is 0 Å². The molecule has 0 aromatic heterocycles. The van der Waals surface area contributed by atoms with Gasteiger partial charge in [0, 0.05) is 18.6 Å². The number of benzene rings is 1. The normalized spacial score (nSPS) is 10.7. The first kappa shape index (κ1) is 23.6. The van der Waals surface area contributed by atoms with E-state index in [1.165, 1.54) is 13.2 Å². The molecule has 0 spiro atoms. The van der Waals surface area contributed by atoms with Gasteiger partial charge in [-0.05, 0) is 12.1 Å². The molecule has 0 bridgehead atoms. The Hall–Kier alpha value is -1.42. The van der Waals surface area contributed by atoms with E-state index < -0.39 is 24.9 Å². The Labute approximate surface area is 155 Å². The molecule has 1 aromatic rings. The zero-order chi connectivity index (χ0) is 18.0. The molecule has 0 heterocycles. The number of hydrogen-bond donors (Lipinski definition) is 3. The van der Waals surface area contributed by atoms with E-state index in [-0.39, 0.29) is 29.6 Å². The summed E-state index contributed by atoms with van der Waals surface area (Å²) in [5, 5.41) is 4.82. The van der Waals surface area contributed by atoms with Gasteiger partial charge in [-0.3, -0.25) is 9.59 Å². The van der Waals surface area contributed by atoms with Gasteiger partial charge in [0.25, 0.3) is 11.8 Å². The SMILES string of the molecule is COCCNC(=O)CSc1ccccc1C(=O)NCC(F)(F)CN.Cl. The second-order valence-corrected chi connectivity index (χ2v) is 5.89. The van der Waals surface area contributed by atoms with Crippen molar-refractivity contribution >= 4 is 36.0 Å². The topological polar surface area (TPSA) is 93.4 Å². The molecule has 25 heavy (non-hydrogen) atoms. The van der Waals surface area contributed by atoms with Gasteiger partial charge >= 0.3 is 0 Å². The van der Waals surface area contributed by atoms with Crippen molar-refractivity contribution in [3.63, 3.8) is 0 Å². The summed E-state index contributed by atoms with van der Waals surface area (Å²) in [4.78, 5) is 24.3. The number of halogens is 3. The molecule has 0 aliphatic carbocycles. The van der Waals surface area contributed by atoms with E-state index in [4.69, 9.17) is 10.5 Å². The molecule has 0 saturated carbocycles. The molecule has 6 nitrogen and oxygen atoms in total. The summed E-state index contributed by atoms with van der Waals surface area (Å²) in [7, 11) is 1.53. The van der Waals surface area contributed by atoms with Crippen LogP contribution in [0.3, 0.4) is 0 Å². The highest BCUT2D eigenvalue weighted by Crippen LogP contribution is 2.22. The molecule has 0 atom stereocenters. The summed E-state index contributed by atoms with van der Waals surface area (Å²) < 4.78 is 31.1. The van der Waals surface area contributed by atoms with Crippen LogP contribution < -0.4 is 16.4 Å². The molecule has 10 heteroatoms. The number of methoxy groups -OCH3 is 1. The van der Waals surface area contributed by atoms with Crippen molar-refractivity contribution in [2.24, 2.45) is 5.73 Å². The number of hydrogen-bond acceptors (Lipinski definition) is 5. The number of rotatable bonds is 10. The van der Waals surface area contributed by atoms with Crippen molar-refractivity contribution in [2.45, 2.75) is 10.8 Å². The lowest BCUT2D eigenvalue weighted by molar-refractivity contribution is -0.118. The summed E-state index contributed by atoms with van der Waals surface area (Å²) in [6.07, 6.45) is 0. The highest BCUT2D eigenvalue weighted by molar-refractivity contribution is 8.00. The van der Waals surface area contributed by atoms with Gasteiger partial charge in [-0.1, -0.05) is 12.1 Å². The van der Waals surface area contributed by atoms with Crippen molar-refractivity contribution in [3.8, 4) is 0 Å². The van der Waals surface area contributed by atoms with Gasteiger partial charge in [0.15, 0.2) is 0 Å². The number of nitrogens with one attached hydrogen (secondary N) is 2. The molecular formula is C15H22ClF2N3O3S. The van der Waals surface area contributed by atoms with Gasteiger partial charge in [-0.25, -0.2) is 8.78 Å². The number of ether oxygens (including phenoxy) is 1. The third-order valence-electron chi connectivity index (χ3n) is 2.93. The van der Waals surface area contributed by atoms with Crippen molar-refractivity contribution in [1.29, 1.82) is 0 Å². The molecule has 0 saturated heterocycles. The Morgan fingerprint density at radius 1 is 1.28 bits per heavy atom. The monoisotopic (exact) mass is 397 g/mol. The van der Waals surface area contributed by atoms with Crippen LogP contribution >= 0.6 is 24.2 Å². The lowest BCUT2D eigenvalue weighted by Crippen LogP contribution is -2.41. The molecule has 0 radical (unpaired) electrons. The van der Waals surface area contributed by atoms with Gasteiger partial charge in [0.1, 0.15) is 0 Å². The van der Waals surface area contributed by atoms with E-state index >= 15 is 0 Å². The van der Waals surface area contributed by atoms with Gasteiger partial charge in [-0.2, -0.15) is 0 Å². The first-order valence-corrected chi connectivity index (χ1v) is 8.21. The number of carbonyl (C=O) groups excluding carboxylic acids is 2. The maximum atomic E-state index is 13.1. The van der Waals surface area contributed by atoms with E-state index in [9.17, 15) is 18.4 Å². The first-order valence-electron chi connectivity index (χ1n) is 7.23. The minimum Gasteiger partial charge on any atom is -0.383 e. The lowest BCUT2D eigenvalue weighted by Gasteiger charge is -2.15. The molecule has 2 amide bonds. The standard InChI is InChI=1S/C15H21F2N3O3S.ClH/c1-23-7-6-19-13(21)8-24-12-5-3-2-4-11(12)14(22)20-10-15(16,17)9-18;/h2-5H,6-10,18H2,1H3,(H,19,21)(H,20,22);1H. The summed E-state index contributed by atoms with van der Waals surface area (Å²) in [6.45, 7) is -0.874. The molecule has 1 rings (SSSR count). The molecule has 0 fully saturated rings. The van der Waals surface area contributed by atoms with Crippen LogP contribution in [0.4, 0.5) is 8.78 Å². The molecular weight excluding hydrogens is 376 g/mol. The molecule has 0 aliphatic heterocycles. The second kappa shape index (κ2) is 12.0. The highest BCUT2D eigenvalue weighted by atomic mass is 35.5. The van der Waals surface area contributed by atoms with Crippen LogP contribution in [0.15, 0.2) is 29.2 Å². The van der Waals surface area contributed by atoms with Gasteiger partial charge < -0.3 is 21.1 Å². The Morgan fingerprint density at radius 2 is 1.96 bits per heavy atom. The van der Waals surface area contributed by atoms with E-state index in [1.54, 1.807) is 18.2 Å². The Balaban J connectivity index is 0.00000576. The van der Waals surface area contributed by atoms with Crippen molar-refractivity contribution in [3.05, 3.63) is 29.8 Å². The lowest BCUT2D eigenvalue weighted by atomic mass is 10.2. The fourth-order valence-corrected chi connectivity index (χ4v) is 2.52. The van der Waals surface area contributed by atoms with Crippen LogP contribution in [-0.2, 0) is 9.53 Å². The van der Waals surface area contributed by atoms with Gasteiger partial charge in [0.05, 0.1) is 31.0 Å². The zero-order valence-electron chi connectivity index (χ0n) is 13.7. The van der Waals surface area contributed by atoms with E-state index in [0.29, 0.717) is 18.0 Å². The molecule has 1 aromatic carbocycles. The smallest absolute Gasteiger partial charge is 0.277 e. The van der Waals surface area contributed by atoms with Crippen molar-refractivity contribution in [1.82, 2.24) is 10.6 Å². The van der Waals surface area contributed by atoms with Gasteiger partial charge in [-0.15, -0.1) is 24.2 Å². The third-order valence-corrected chi connectivity index (χ3v) is 4.00. The number of amides is 2. The molecule has 142 valence electrons. The van der Waals surface area contributed by atoms with Crippen LogP contribution in [0.25, 0.3) is 0 Å². The zero-order valence-corrected chi connectivity index (χ0v) is 15.4. The van der Waals surface area contributed by atoms with Crippen LogP contribution in [0.1, 0.15) is 10.4 Å². The Kier molecular flexibility index (Phi) is 11.3. The van der Waals surface area contributed by atoms with E-state index in [2.05, 4.69) is 10.6 Å². The van der Waals surface area contributed by atoms with Crippen LogP contribution in [0, 0.1) is 0 Å². The average Bonchev–Trinajstić information content (AvgIpc) is 2.58. The molecule has 4 N–H and O–H groups in total. The van der Waals surface area contributed by atoms with Crippen molar-refractivity contribution < 1.29 is 23.1 Å². The number of alkyl halides is 2. The van der Waals surface area contributed by atoms with Crippen LogP contribution in [0.2, 0.25) is 0 Å². The minimum atomic E-state index is -3.15. The second-order valence-electron chi connectivity index (χ2n) is 4.87. The van der Waals surface area contributed by atoms with E-state index in [1.807, 2.05) is 0 Å². The van der Waals surface area contributed by atoms with Crippen molar-refractivity contribution in [2.75, 3.05) is 39.1 Å². The maximum absolute atomic E-state index is 13.1. The summed E-state index contributed by atoms with van der Waals surface area (Å²) >= 11 is 1.15.